The van der Waals surface area contributed by atoms with Crippen molar-refractivity contribution in [1.29, 1.82) is 0 Å². The molecule has 1 rings (SSSR count). The number of hydrogen-bond acceptors (Lipinski definition) is 3. The molecular weight excluding hydrogens is 270 g/mol. The van der Waals surface area contributed by atoms with Crippen molar-refractivity contribution in [2.45, 2.75) is 25.8 Å². The molecule has 1 aromatic rings. The van der Waals surface area contributed by atoms with E-state index in [1.165, 1.54) is 6.92 Å². The minimum absolute atomic E-state index is 0.0556. The predicted molar refractivity (Wildman–Crippen MR) is 66.7 cm³/mol. The van der Waals surface area contributed by atoms with Crippen LogP contribution >= 0.6 is 0 Å². The van der Waals surface area contributed by atoms with Gasteiger partial charge in [-0.15, -0.1) is 0 Å². The van der Waals surface area contributed by atoms with Gasteiger partial charge in [-0.05, 0) is 31.5 Å². The standard InChI is InChI=1S/C13H14F2N2O3/c1-7(18)2-5-11(12(16)19)17-13(20)8-3-4-9(14)10(15)6-8/h3-4,6,11H,2,5H2,1H3,(H2,16,19)(H,17,20)/t11-/m0/s1. The van der Waals surface area contributed by atoms with Crippen LogP contribution in [0.2, 0.25) is 0 Å². The number of nitrogens with one attached hydrogen (secondary N) is 1. The van der Waals surface area contributed by atoms with Crippen molar-refractivity contribution in [2.24, 2.45) is 5.73 Å². The highest BCUT2D eigenvalue weighted by Gasteiger charge is 2.20. The van der Waals surface area contributed by atoms with Crippen LogP contribution in [0, 0.1) is 11.6 Å². The fourth-order valence-electron chi connectivity index (χ4n) is 1.51. The molecule has 2 amide bonds. The second-order valence-corrected chi connectivity index (χ2v) is 4.30. The summed E-state index contributed by atoms with van der Waals surface area (Å²) in [6, 6.07) is 1.56. The third-order valence-corrected chi connectivity index (χ3v) is 2.62. The van der Waals surface area contributed by atoms with Gasteiger partial charge in [-0.25, -0.2) is 8.78 Å². The molecule has 0 spiro atoms. The molecule has 0 saturated heterocycles. The number of ketones is 1. The maximum atomic E-state index is 13.0. The third kappa shape index (κ3) is 4.42. The first kappa shape index (κ1) is 15.7. The molecule has 0 bridgehead atoms. The molecule has 0 fully saturated rings. The van der Waals surface area contributed by atoms with E-state index in [1.54, 1.807) is 0 Å². The Hall–Kier alpha value is -2.31. The second-order valence-electron chi connectivity index (χ2n) is 4.30. The molecule has 1 aromatic carbocycles. The number of halogens is 2. The Morgan fingerprint density at radius 2 is 1.90 bits per heavy atom. The molecular formula is C13H14F2N2O3. The van der Waals surface area contributed by atoms with Gasteiger partial charge in [-0.3, -0.25) is 9.59 Å². The smallest absolute Gasteiger partial charge is 0.252 e. The van der Waals surface area contributed by atoms with E-state index in [-0.39, 0.29) is 24.2 Å². The van der Waals surface area contributed by atoms with E-state index in [4.69, 9.17) is 5.73 Å². The lowest BCUT2D eigenvalue weighted by Gasteiger charge is -2.14. The molecule has 0 unspecified atom stereocenters. The number of primary amides is 1. The van der Waals surface area contributed by atoms with Gasteiger partial charge >= 0.3 is 0 Å². The van der Waals surface area contributed by atoms with Crippen molar-refractivity contribution in [3.8, 4) is 0 Å². The molecule has 0 aliphatic heterocycles. The molecule has 0 saturated carbocycles. The van der Waals surface area contributed by atoms with Crippen LogP contribution in [-0.4, -0.2) is 23.6 Å². The van der Waals surface area contributed by atoms with Gasteiger partial charge in [-0.1, -0.05) is 0 Å². The highest BCUT2D eigenvalue weighted by atomic mass is 19.2. The Kier molecular flexibility index (Phi) is 5.31. The summed E-state index contributed by atoms with van der Waals surface area (Å²) in [5.74, 6) is -3.97. The third-order valence-electron chi connectivity index (χ3n) is 2.62. The highest BCUT2D eigenvalue weighted by Crippen LogP contribution is 2.09. The molecule has 5 nitrogen and oxygen atoms in total. The zero-order valence-corrected chi connectivity index (χ0v) is 10.8. The van der Waals surface area contributed by atoms with Crippen molar-refractivity contribution in [1.82, 2.24) is 5.32 Å². The van der Waals surface area contributed by atoms with Gasteiger partial charge < -0.3 is 15.8 Å². The molecule has 0 aliphatic carbocycles. The van der Waals surface area contributed by atoms with Crippen LogP contribution in [0.3, 0.4) is 0 Å². The number of carbonyl (C=O) groups is 3. The molecule has 108 valence electrons. The van der Waals surface area contributed by atoms with E-state index < -0.39 is 29.5 Å². The fraction of sp³-hybridized carbons (Fsp3) is 0.308. The van der Waals surface area contributed by atoms with E-state index >= 15 is 0 Å². The van der Waals surface area contributed by atoms with Gasteiger partial charge in [0.05, 0.1) is 0 Å². The summed E-state index contributed by atoms with van der Waals surface area (Å²) >= 11 is 0. The largest absolute Gasteiger partial charge is 0.368 e. The summed E-state index contributed by atoms with van der Waals surface area (Å²) in [6.45, 7) is 1.34. The van der Waals surface area contributed by atoms with E-state index in [1.807, 2.05) is 0 Å². The summed E-state index contributed by atoms with van der Waals surface area (Å²) < 4.78 is 25.7. The van der Waals surface area contributed by atoms with Gasteiger partial charge in [0.15, 0.2) is 11.6 Å². The van der Waals surface area contributed by atoms with Crippen molar-refractivity contribution >= 4 is 17.6 Å². The Labute approximate surface area is 114 Å². The van der Waals surface area contributed by atoms with E-state index in [0.29, 0.717) is 6.07 Å². The summed E-state index contributed by atoms with van der Waals surface area (Å²) in [6.07, 6.45) is 0.131. The van der Waals surface area contributed by atoms with Crippen molar-refractivity contribution in [3.05, 3.63) is 35.4 Å². The first-order valence-electron chi connectivity index (χ1n) is 5.86. The molecule has 20 heavy (non-hydrogen) atoms. The van der Waals surface area contributed by atoms with Crippen LogP contribution in [0.1, 0.15) is 30.1 Å². The van der Waals surface area contributed by atoms with Crippen molar-refractivity contribution in [2.75, 3.05) is 0 Å². The van der Waals surface area contributed by atoms with Crippen molar-refractivity contribution < 1.29 is 23.2 Å². The summed E-state index contributed by atoms with van der Waals surface area (Å²) in [4.78, 5) is 33.8. The molecule has 0 aliphatic rings. The van der Waals surface area contributed by atoms with Gasteiger partial charge in [0.25, 0.3) is 5.91 Å². The number of nitrogens with two attached hydrogens (primary N) is 1. The number of carbonyl (C=O) groups excluding carboxylic acids is 3. The average Bonchev–Trinajstić information content (AvgIpc) is 2.36. The molecule has 3 N–H and O–H groups in total. The van der Waals surface area contributed by atoms with Crippen LogP contribution < -0.4 is 11.1 Å². The number of benzene rings is 1. The minimum Gasteiger partial charge on any atom is -0.368 e. The first-order chi connectivity index (χ1) is 9.31. The van der Waals surface area contributed by atoms with Crippen molar-refractivity contribution in [3.63, 3.8) is 0 Å². The zero-order chi connectivity index (χ0) is 15.3. The Bertz CT molecular complexity index is 546. The minimum atomic E-state index is -1.17. The van der Waals surface area contributed by atoms with Crippen LogP contribution in [0.4, 0.5) is 8.78 Å². The van der Waals surface area contributed by atoms with Gasteiger partial charge in [-0.2, -0.15) is 0 Å². The molecule has 7 heteroatoms. The number of rotatable bonds is 6. The summed E-state index contributed by atoms with van der Waals surface area (Å²) in [5, 5.41) is 2.28. The summed E-state index contributed by atoms with van der Waals surface area (Å²) in [5.41, 5.74) is 4.96. The van der Waals surface area contributed by atoms with Crippen LogP contribution in [0.5, 0.6) is 0 Å². The van der Waals surface area contributed by atoms with Crippen LogP contribution in [-0.2, 0) is 9.59 Å². The lowest BCUT2D eigenvalue weighted by Crippen LogP contribution is -2.44. The Morgan fingerprint density at radius 3 is 2.40 bits per heavy atom. The molecule has 0 radical (unpaired) electrons. The summed E-state index contributed by atoms with van der Waals surface area (Å²) in [7, 11) is 0. The Morgan fingerprint density at radius 1 is 1.25 bits per heavy atom. The SMILES string of the molecule is CC(=O)CC[C@H](NC(=O)c1ccc(F)c(F)c1)C(N)=O. The number of amides is 2. The van der Waals surface area contributed by atoms with Gasteiger partial charge in [0, 0.05) is 12.0 Å². The van der Waals surface area contributed by atoms with E-state index in [0.717, 1.165) is 12.1 Å². The van der Waals surface area contributed by atoms with E-state index in [9.17, 15) is 23.2 Å². The maximum Gasteiger partial charge on any atom is 0.252 e. The highest BCUT2D eigenvalue weighted by molar-refractivity contribution is 5.97. The topological polar surface area (TPSA) is 89.3 Å². The van der Waals surface area contributed by atoms with Gasteiger partial charge in [0.1, 0.15) is 11.8 Å². The maximum absolute atomic E-state index is 13.0. The quantitative estimate of drug-likeness (QED) is 0.814. The van der Waals surface area contributed by atoms with Gasteiger partial charge in [0.2, 0.25) is 5.91 Å². The lowest BCUT2D eigenvalue weighted by molar-refractivity contribution is -0.120. The zero-order valence-electron chi connectivity index (χ0n) is 10.8. The van der Waals surface area contributed by atoms with Crippen LogP contribution in [0.25, 0.3) is 0 Å². The fourth-order valence-corrected chi connectivity index (χ4v) is 1.51. The lowest BCUT2D eigenvalue weighted by atomic mass is 10.1. The normalized spacial score (nSPS) is 11.8. The van der Waals surface area contributed by atoms with E-state index in [2.05, 4.69) is 5.32 Å². The second kappa shape index (κ2) is 6.74. The average molecular weight is 284 g/mol. The molecule has 1 atom stereocenters. The van der Waals surface area contributed by atoms with Crippen LogP contribution in [0.15, 0.2) is 18.2 Å². The molecule has 0 aromatic heterocycles. The number of Topliss-reactive ketones (excluding diaryl/α,β-unsaturated/α-hetero) is 1. The molecule has 0 heterocycles. The Balaban J connectivity index is 2.77. The first-order valence-corrected chi connectivity index (χ1v) is 5.86. The monoisotopic (exact) mass is 284 g/mol. The number of hydrogen-bond donors (Lipinski definition) is 2. The predicted octanol–water partition coefficient (Wildman–Crippen LogP) is 0.918.